The SMILES string of the molecule is [C-]#[N+]C[C@H]1O[C@@H](n2cc(C)c(=O)[nH]c2=O)CC1N=[N+]=[N-]. The quantitative estimate of drug-likeness (QED) is 0.379. The van der Waals surface area contributed by atoms with E-state index in [4.69, 9.17) is 16.8 Å². The van der Waals surface area contributed by atoms with Crippen LogP contribution in [0.1, 0.15) is 18.2 Å². The van der Waals surface area contributed by atoms with Gasteiger partial charge in [-0.15, -0.1) is 0 Å². The fourth-order valence-corrected chi connectivity index (χ4v) is 2.13. The topological polar surface area (TPSA) is 117 Å². The lowest BCUT2D eigenvalue weighted by Crippen LogP contribution is -2.33. The van der Waals surface area contributed by atoms with Gasteiger partial charge in [0.2, 0.25) is 6.54 Å². The van der Waals surface area contributed by atoms with E-state index in [1.807, 2.05) is 0 Å². The fraction of sp³-hybridized carbons (Fsp3) is 0.545. The monoisotopic (exact) mass is 276 g/mol. The molecule has 0 radical (unpaired) electrons. The first-order valence-corrected chi connectivity index (χ1v) is 5.91. The number of nitrogens with one attached hydrogen (secondary N) is 1. The zero-order valence-electron chi connectivity index (χ0n) is 10.7. The molecule has 1 saturated heterocycles. The summed E-state index contributed by atoms with van der Waals surface area (Å²) < 4.78 is 6.84. The van der Waals surface area contributed by atoms with Crippen LogP contribution in [0.4, 0.5) is 0 Å². The van der Waals surface area contributed by atoms with Crippen molar-refractivity contribution in [2.75, 3.05) is 6.54 Å². The third-order valence-corrected chi connectivity index (χ3v) is 3.13. The van der Waals surface area contributed by atoms with Crippen LogP contribution in [0.15, 0.2) is 20.9 Å². The van der Waals surface area contributed by atoms with Crippen LogP contribution in [0.2, 0.25) is 0 Å². The first-order chi connectivity index (χ1) is 9.56. The smallest absolute Gasteiger partial charge is 0.330 e. The van der Waals surface area contributed by atoms with Crippen LogP contribution >= 0.6 is 0 Å². The van der Waals surface area contributed by atoms with E-state index in [0.717, 1.165) is 0 Å². The van der Waals surface area contributed by atoms with Crippen molar-refractivity contribution in [2.24, 2.45) is 5.11 Å². The maximum absolute atomic E-state index is 11.8. The van der Waals surface area contributed by atoms with Crippen LogP contribution in [0.3, 0.4) is 0 Å². The molecule has 0 amide bonds. The summed E-state index contributed by atoms with van der Waals surface area (Å²) in [5, 5.41) is 3.59. The number of hydrogen-bond acceptors (Lipinski definition) is 4. The Morgan fingerprint density at radius 2 is 2.40 bits per heavy atom. The van der Waals surface area contributed by atoms with Crippen molar-refractivity contribution in [3.63, 3.8) is 0 Å². The first kappa shape index (κ1) is 13.9. The van der Waals surface area contributed by atoms with Crippen molar-refractivity contribution < 1.29 is 4.74 Å². The first-order valence-electron chi connectivity index (χ1n) is 5.91. The van der Waals surface area contributed by atoms with E-state index in [0.29, 0.717) is 5.56 Å². The van der Waals surface area contributed by atoms with E-state index in [2.05, 4.69) is 19.9 Å². The Bertz CT molecular complexity index is 708. The summed E-state index contributed by atoms with van der Waals surface area (Å²) in [6, 6.07) is -0.502. The third-order valence-electron chi connectivity index (χ3n) is 3.13. The average Bonchev–Trinajstić information content (AvgIpc) is 2.78. The molecule has 1 aliphatic rings. The van der Waals surface area contributed by atoms with E-state index < -0.39 is 29.6 Å². The number of rotatable bonds is 3. The van der Waals surface area contributed by atoms with Gasteiger partial charge in [-0.2, -0.15) is 0 Å². The van der Waals surface area contributed by atoms with Gasteiger partial charge in [-0.1, -0.05) is 5.11 Å². The van der Waals surface area contributed by atoms with Crippen molar-refractivity contribution in [1.82, 2.24) is 9.55 Å². The predicted octanol–water partition coefficient (Wildman–Crippen LogP) is 0.731. The van der Waals surface area contributed by atoms with Gasteiger partial charge >= 0.3 is 5.69 Å². The highest BCUT2D eigenvalue weighted by Crippen LogP contribution is 2.30. The molecule has 2 heterocycles. The van der Waals surface area contributed by atoms with Gasteiger partial charge in [-0.05, 0) is 12.5 Å². The molecule has 104 valence electrons. The van der Waals surface area contributed by atoms with Gasteiger partial charge in [0.15, 0.2) is 0 Å². The Morgan fingerprint density at radius 1 is 1.65 bits per heavy atom. The van der Waals surface area contributed by atoms with Crippen LogP contribution in [0.5, 0.6) is 0 Å². The molecule has 1 N–H and O–H groups in total. The standard InChI is InChI=1S/C11H12N6O3/c1-6-5-17(11(19)14-10(6)18)9-3-7(15-16-12)8(20-9)4-13-2/h5,7-9H,3-4H2,1H3,(H,14,18,19)/t7?,8-,9-/m1/s1. The Kier molecular flexibility index (Phi) is 3.89. The number of ether oxygens (including phenoxy) is 1. The fourth-order valence-electron chi connectivity index (χ4n) is 2.13. The number of hydrogen-bond donors (Lipinski definition) is 1. The van der Waals surface area contributed by atoms with Crippen molar-refractivity contribution in [1.29, 1.82) is 0 Å². The van der Waals surface area contributed by atoms with E-state index in [-0.39, 0.29) is 13.0 Å². The van der Waals surface area contributed by atoms with Gasteiger partial charge in [0.05, 0.1) is 6.04 Å². The highest BCUT2D eigenvalue weighted by molar-refractivity contribution is 5.02. The molecular formula is C11H12N6O3. The molecule has 20 heavy (non-hydrogen) atoms. The van der Waals surface area contributed by atoms with Crippen LogP contribution in [-0.4, -0.2) is 28.2 Å². The molecule has 9 heteroatoms. The minimum atomic E-state index is -0.653. The third kappa shape index (κ3) is 2.56. The van der Waals surface area contributed by atoms with Gasteiger partial charge in [0, 0.05) is 23.1 Å². The second-order valence-corrected chi connectivity index (χ2v) is 4.46. The van der Waals surface area contributed by atoms with E-state index in [1.165, 1.54) is 10.8 Å². The second-order valence-electron chi connectivity index (χ2n) is 4.46. The predicted molar refractivity (Wildman–Crippen MR) is 69.0 cm³/mol. The maximum Gasteiger partial charge on any atom is 0.330 e. The van der Waals surface area contributed by atoms with Gasteiger partial charge in [0.25, 0.3) is 5.56 Å². The molecule has 1 aromatic heterocycles. The van der Waals surface area contributed by atoms with Gasteiger partial charge in [-0.3, -0.25) is 14.3 Å². The number of azide groups is 1. The molecule has 0 spiro atoms. The summed E-state index contributed by atoms with van der Waals surface area (Å²) in [6.07, 6.45) is 0.488. The van der Waals surface area contributed by atoms with E-state index in [9.17, 15) is 9.59 Å². The molecule has 0 aliphatic carbocycles. The summed E-state index contributed by atoms with van der Waals surface area (Å²) in [7, 11) is 0. The Morgan fingerprint density at radius 3 is 3.05 bits per heavy atom. The lowest BCUT2D eigenvalue weighted by atomic mass is 10.1. The molecule has 9 nitrogen and oxygen atoms in total. The van der Waals surface area contributed by atoms with Gasteiger partial charge < -0.3 is 9.58 Å². The molecule has 1 fully saturated rings. The van der Waals surface area contributed by atoms with Crippen LogP contribution in [0.25, 0.3) is 15.3 Å². The van der Waals surface area contributed by atoms with Gasteiger partial charge in [0.1, 0.15) is 12.3 Å². The Hall–Kier alpha value is -2.56. The number of aromatic amines is 1. The van der Waals surface area contributed by atoms with E-state index >= 15 is 0 Å². The summed E-state index contributed by atoms with van der Waals surface area (Å²) in [6.45, 7) is 8.49. The van der Waals surface area contributed by atoms with Crippen LogP contribution in [-0.2, 0) is 4.74 Å². The lowest BCUT2D eigenvalue weighted by Gasteiger charge is -2.13. The Balaban J connectivity index is 2.34. The van der Waals surface area contributed by atoms with Crippen molar-refractivity contribution in [3.8, 4) is 0 Å². The van der Waals surface area contributed by atoms with Crippen molar-refractivity contribution >= 4 is 0 Å². The minimum absolute atomic E-state index is 0.0528. The number of H-pyrrole nitrogens is 1. The van der Waals surface area contributed by atoms with Crippen LogP contribution < -0.4 is 11.2 Å². The van der Waals surface area contributed by atoms with Gasteiger partial charge in [-0.25, -0.2) is 11.4 Å². The second kappa shape index (κ2) is 5.61. The van der Waals surface area contributed by atoms with Crippen molar-refractivity contribution in [3.05, 3.63) is 54.5 Å². The summed E-state index contributed by atoms with van der Waals surface area (Å²) in [5.74, 6) is 0. The highest BCUT2D eigenvalue weighted by Gasteiger charge is 2.38. The summed E-state index contributed by atoms with van der Waals surface area (Å²) in [5.41, 5.74) is 7.85. The number of nitrogens with zero attached hydrogens (tertiary/aromatic N) is 5. The largest absolute Gasteiger partial charge is 0.346 e. The molecular weight excluding hydrogens is 264 g/mol. The minimum Gasteiger partial charge on any atom is -0.346 e. The summed E-state index contributed by atoms with van der Waals surface area (Å²) in [4.78, 5) is 31.2. The molecule has 0 saturated carbocycles. The molecule has 1 unspecified atom stereocenters. The molecule has 2 rings (SSSR count). The normalized spacial score (nSPS) is 24.9. The number of aromatic nitrogens is 2. The average molecular weight is 276 g/mol. The molecule has 1 aromatic rings. The summed E-state index contributed by atoms with van der Waals surface area (Å²) >= 11 is 0. The molecule has 0 aromatic carbocycles. The highest BCUT2D eigenvalue weighted by atomic mass is 16.5. The number of aryl methyl sites for hydroxylation is 1. The zero-order chi connectivity index (χ0) is 14.7. The maximum atomic E-state index is 11.8. The van der Waals surface area contributed by atoms with Crippen molar-refractivity contribution in [2.45, 2.75) is 31.7 Å². The van der Waals surface area contributed by atoms with Crippen LogP contribution in [0, 0.1) is 13.5 Å². The lowest BCUT2D eigenvalue weighted by molar-refractivity contribution is 0.00476. The zero-order valence-corrected chi connectivity index (χ0v) is 10.7. The van der Waals surface area contributed by atoms with E-state index in [1.54, 1.807) is 6.92 Å². The Labute approximate surface area is 113 Å². The molecule has 1 aliphatic heterocycles. The molecule has 3 atom stereocenters. The molecule has 0 bridgehead atoms.